The van der Waals surface area contributed by atoms with Crippen molar-refractivity contribution < 1.29 is 23.7 Å². The predicted molar refractivity (Wildman–Crippen MR) is 107 cm³/mol. The van der Waals surface area contributed by atoms with Gasteiger partial charge in [-0.15, -0.1) is 0 Å². The Morgan fingerprint density at radius 2 is 1.39 bits per heavy atom. The van der Waals surface area contributed by atoms with Gasteiger partial charge in [-0.3, -0.25) is 0 Å². The molecule has 2 aromatic carbocycles. The van der Waals surface area contributed by atoms with Crippen LogP contribution in [0.4, 0.5) is 0 Å². The summed E-state index contributed by atoms with van der Waals surface area (Å²) < 4.78 is 28.0. The monoisotopic (exact) mass is 382 g/mol. The molecule has 0 bridgehead atoms. The van der Waals surface area contributed by atoms with Gasteiger partial charge in [0.05, 0.1) is 13.2 Å². The Morgan fingerprint density at radius 1 is 0.893 bits per heavy atom. The summed E-state index contributed by atoms with van der Waals surface area (Å²) in [4.78, 5) is 0. The van der Waals surface area contributed by atoms with Crippen LogP contribution in [0.1, 0.15) is 25.0 Å². The van der Waals surface area contributed by atoms with Gasteiger partial charge in [-0.1, -0.05) is 30.8 Å². The lowest BCUT2D eigenvalue weighted by molar-refractivity contribution is -0.141. The van der Waals surface area contributed by atoms with Crippen molar-refractivity contribution in [1.82, 2.24) is 0 Å². The molecule has 2 atom stereocenters. The number of hydrogen-bond donors (Lipinski definition) is 0. The summed E-state index contributed by atoms with van der Waals surface area (Å²) in [5.74, 6) is 1.12. The summed E-state index contributed by atoms with van der Waals surface area (Å²) in [6.07, 6.45) is 0.214. The van der Waals surface area contributed by atoms with Crippen molar-refractivity contribution >= 4 is 5.57 Å². The smallest absolute Gasteiger partial charge is 0.163 e. The molecule has 2 saturated heterocycles. The summed E-state index contributed by atoms with van der Waals surface area (Å²) in [5.41, 5.74) is 3.06. The van der Waals surface area contributed by atoms with Gasteiger partial charge in [0.2, 0.25) is 0 Å². The Hall–Kier alpha value is -2.34. The van der Waals surface area contributed by atoms with Gasteiger partial charge in [-0.25, -0.2) is 0 Å². The average Bonchev–Trinajstić information content (AvgIpc) is 3.47. The minimum absolute atomic E-state index is 0.0446. The largest absolute Gasteiger partial charge is 0.491 e. The molecule has 0 N–H and O–H groups in total. The molecule has 2 aromatic rings. The fourth-order valence-electron chi connectivity index (χ4n) is 3.06. The van der Waals surface area contributed by atoms with E-state index in [4.69, 9.17) is 23.7 Å². The van der Waals surface area contributed by atoms with Crippen LogP contribution >= 0.6 is 0 Å². The third-order valence-corrected chi connectivity index (χ3v) is 4.75. The Morgan fingerprint density at radius 3 is 1.82 bits per heavy atom. The van der Waals surface area contributed by atoms with Crippen LogP contribution in [0, 0.1) is 0 Å². The normalized spacial score (nSPS) is 22.6. The minimum atomic E-state index is -0.526. The van der Waals surface area contributed by atoms with Crippen LogP contribution in [0.3, 0.4) is 0 Å². The van der Waals surface area contributed by atoms with Crippen molar-refractivity contribution in [3.05, 3.63) is 66.2 Å². The molecule has 0 amide bonds. The average molecular weight is 382 g/mol. The summed E-state index contributed by atoms with van der Waals surface area (Å²) in [5, 5.41) is 0. The Bertz CT molecular complexity index is 806. The first-order valence-electron chi connectivity index (χ1n) is 9.57. The molecule has 0 aromatic heterocycles. The van der Waals surface area contributed by atoms with Crippen LogP contribution in [0.25, 0.3) is 5.57 Å². The number of hydrogen-bond acceptors (Lipinski definition) is 5. The Kier molecular flexibility index (Phi) is 5.40. The quantitative estimate of drug-likeness (QED) is 0.645. The molecular formula is C23H26O5. The van der Waals surface area contributed by atoms with Gasteiger partial charge in [-0.05, 0) is 54.8 Å². The van der Waals surface area contributed by atoms with E-state index in [0.717, 1.165) is 34.8 Å². The topological polar surface area (TPSA) is 49.5 Å². The minimum Gasteiger partial charge on any atom is -0.491 e. The van der Waals surface area contributed by atoms with E-state index in [1.165, 1.54) is 0 Å². The van der Waals surface area contributed by atoms with Gasteiger partial charge < -0.3 is 23.7 Å². The molecule has 2 heterocycles. The van der Waals surface area contributed by atoms with Gasteiger partial charge >= 0.3 is 0 Å². The summed E-state index contributed by atoms with van der Waals surface area (Å²) in [6.45, 7) is 10.5. The molecule has 28 heavy (non-hydrogen) atoms. The van der Waals surface area contributed by atoms with Crippen LogP contribution in [-0.2, 0) is 14.2 Å². The van der Waals surface area contributed by atoms with Crippen molar-refractivity contribution in [2.75, 3.05) is 26.4 Å². The lowest BCUT2D eigenvalue weighted by Gasteiger charge is -2.17. The highest BCUT2D eigenvalue weighted by molar-refractivity contribution is 5.78. The SMILES string of the molecule is C=C(c1ccc(OC[C@H]2CO2)cc1)c1ccc(OC[C@@H]2COC(C)(C)O2)cc1. The molecular weight excluding hydrogens is 356 g/mol. The van der Waals surface area contributed by atoms with Crippen LogP contribution in [0.2, 0.25) is 0 Å². The maximum Gasteiger partial charge on any atom is 0.163 e. The van der Waals surface area contributed by atoms with Crippen molar-refractivity contribution in [2.45, 2.75) is 31.8 Å². The molecule has 2 fully saturated rings. The molecule has 2 aliphatic rings. The van der Waals surface area contributed by atoms with E-state index < -0.39 is 5.79 Å². The molecule has 5 nitrogen and oxygen atoms in total. The summed E-state index contributed by atoms with van der Waals surface area (Å²) in [7, 11) is 0. The molecule has 0 saturated carbocycles. The number of epoxide rings is 1. The van der Waals surface area contributed by atoms with Crippen molar-refractivity contribution in [2.24, 2.45) is 0 Å². The van der Waals surface area contributed by atoms with Crippen molar-refractivity contribution in [3.63, 3.8) is 0 Å². The predicted octanol–water partition coefficient (Wildman–Crippen LogP) is 4.06. The summed E-state index contributed by atoms with van der Waals surface area (Å²) in [6, 6.07) is 15.9. The first kappa shape index (κ1) is 19.0. The lowest BCUT2D eigenvalue weighted by atomic mass is 9.99. The number of benzene rings is 2. The van der Waals surface area contributed by atoms with E-state index in [0.29, 0.717) is 19.8 Å². The molecule has 148 valence electrons. The van der Waals surface area contributed by atoms with Crippen molar-refractivity contribution in [1.29, 1.82) is 0 Å². The van der Waals surface area contributed by atoms with Crippen LogP contribution < -0.4 is 9.47 Å². The highest BCUT2D eigenvalue weighted by atomic mass is 16.7. The van der Waals surface area contributed by atoms with E-state index >= 15 is 0 Å². The number of rotatable bonds is 8. The van der Waals surface area contributed by atoms with E-state index in [-0.39, 0.29) is 12.2 Å². The maximum absolute atomic E-state index is 5.83. The van der Waals surface area contributed by atoms with Gasteiger partial charge in [-0.2, -0.15) is 0 Å². The fraction of sp³-hybridized carbons (Fsp3) is 0.391. The third kappa shape index (κ3) is 4.93. The first-order chi connectivity index (χ1) is 13.5. The van der Waals surface area contributed by atoms with E-state index in [9.17, 15) is 0 Å². The Labute approximate surface area is 165 Å². The Balaban J connectivity index is 1.30. The van der Waals surface area contributed by atoms with Gasteiger partial charge in [0.1, 0.15) is 36.9 Å². The van der Waals surface area contributed by atoms with Crippen LogP contribution in [0.5, 0.6) is 11.5 Å². The molecule has 0 radical (unpaired) electrons. The van der Waals surface area contributed by atoms with Crippen molar-refractivity contribution in [3.8, 4) is 11.5 Å². The standard InChI is InChI=1S/C23H26O5/c1-16(17-4-8-19(9-5-17)24-12-21-13-26-21)18-6-10-20(11-7-18)25-14-22-15-27-23(2,3)28-22/h4-11,21-22H,1,12-15H2,2-3H3/t21-,22+/m0/s1. The van der Waals surface area contributed by atoms with Crippen LogP contribution in [0.15, 0.2) is 55.1 Å². The number of ether oxygens (including phenoxy) is 5. The van der Waals surface area contributed by atoms with E-state index in [2.05, 4.69) is 6.58 Å². The second-order valence-corrected chi connectivity index (χ2v) is 7.56. The molecule has 0 spiro atoms. The first-order valence-corrected chi connectivity index (χ1v) is 9.57. The third-order valence-electron chi connectivity index (χ3n) is 4.75. The second-order valence-electron chi connectivity index (χ2n) is 7.56. The van der Waals surface area contributed by atoms with Gasteiger partial charge in [0.25, 0.3) is 0 Å². The fourth-order valence-corrected chi connectivity index (χ4v) is 3.06. The highest BCUT2D eigenvalue weighted by Crippen LogP contribution is 2.27. The maximum atomic E-state index is 5.83. The molecule has 0 unspecified atom stereocenters. The zero-order chi connectivity index (χ0) is 19.6. The molecule has 2 aliphatic heterocycles. The molecule has 4 rings (SSSR count). The zero-order valence-corrected chi connectivity index (χ0v) is 16.4. The van der Waals surface area contributed by atoms with Crippen LogP contribution in [-0.4, -0.2) is 44.4 Å². The highest BCUT2D eigenvalue weighted by Gasteiger charge is 2.32. The molecule has 0 aliphatic carbocycles. The second kappa shape index (κ2) is 7.95. The zero-order valence-electron chi connectivity index (χ0n) is 16.4. The van der Waals surface area contributed by atoms with E-state index in [1.807, 2.05) is 62.4 Å². The lowest BCUT2D eigenvalue weighted by Crippen LogP contribution is -2.25. The van der Waals surface area contributed by atoms with Gasteiger partial charge in [0, 0.05) is 0 Å². The van der Waals surface area contributed by atoms with Gasteiger partial charge in [0.15, 0.2) is 5.79 Å². The van der Waals surface area contributed by atoms with E-state index in [1.54, 1.807) is 0 Å². The molecule has 5 heteroatoms. The summed E-state index contributed by atoms with van der Waals surface area (Å²) >= 11 is 0.